The Morgan fingerprint density at radius 1 is 1.00 bits per heavy atom. The van der Waals surface area contributed by atoms with Gasteiger partial charge in [-0.25, -0.2) is 9.78 Å². The Morgan fingerprint density at radius 2 is 1.69 bits per heavy atom. The van der Waals surface area contributed by atoms with Crippen LogP contribution in [-0.4, -0.2) is 16.1 Å². The Morgan fingerprint density at radius 3 is 2.31 bits per heavy atom. The van der Waals surface area contributed by atoms with Gasteiger partial charge in [0.05, 0.1) is 5.56 Å². The molecule has 5 heteroatoms. The smallest absolute Gasteiger partial charge is 0.346 e. The monoisotopic (exact) mass is 409 g/mol. The maximum Gasteiger partial charge on any atom is 0.346 e. The third-order valence-corrected chi connectivity index (χ3v) is 5.00. The normalized spacial score (nSPS) is 10.7. The summed E-state index contributed by atoms with van der Waals surface area (Å²) in [6, 6.07) is 18.1. The summed E-state index contributed by atoms with van der Waals surface area (Å²) in [4.78, 5) is 18.0. The first-order valence-corrected chi connectivity index (χ1v) is 10.4. The third-order valence-electron chi connectivity index (χ3n) is 3.98. The van der Waals surface area contributed by atoms with E-state index in [1.165, 1.54) is 11.8 Å². The highest BCUT2D eigenvalue weighted by molar-refractivity contribution is 7.99. The summed E-state index contributed by atoms with van der Waals surface area (Å²) in [6.45, 7) is 10.2. The molecule has 0 atom stereocenters. The van der Waals surface area contributed by atoms with Crippen LogP contribution in [0.5, 0.6) is 11.5 Å². The first-order valence-electron chi connectivity index (χ1n) is 9.58. The van der Waals surface area contributed by atoms with Gasteiger partial charge in [0.15, 0.2) is 11.5 Å². The summed E-state index contributed by atoms with van der Waals surface area (Å²) in [5, 5.41) is 10.8. The Bertz CT molecular complexity index is 950. The molecule has 3 aromatic rings. The second kappa shape index (κ2) is 10.1. The van der Waals surface area contributed by atoms with Crippen LogP contribution in [0.2, 0.25) is 0 Å². The molecule has 0 amide bonds. The SMILES string of the molecule is CC.CC(C)(C)c1ccc(OC(=O)c2cccnc2Sc2ccccc2)c(O)c1. The predicted molar refractivity (Wildman–Crippen MR) is 118 cm³/mol. The van der Waals surface area contributed by atoms with Crippen molar-refractivity contribution < 1.29 is 14.6 Å². The number of nitrogens with zero attached hydrogens (tertiary/aromatic N) is 1. The van der Waals surface area contributed by atoms with Gasteiger partial charge in [0.25, 0.3) is 0 Å². The van der Waals surface area contributed by atoms with Gasteiger partial charge >= 0.3 is 5.97 Å². The number of esters is 1. The van der Waals surface area contributed by atoms with E-state index in [0.29, 0.717) is 10.6 Å². The van der Waals surface area contributed by atoms with Crippen LogP contribution in [0.4, 0.5) is 0 Å². The summed E-state index contributed by atoms with van der Waals surface area (Å²) < 4.78 is 5.43. The minimum absolute atomic E-state index is 0.0584. The van der Waals surface area contributed by atoms with Crippen LogP contribution in [0.1, 0.15) is 50.5 Å². The van der Waals surface area contributed by atoms with Gasteiger partial charge in [0.1, 0.15) is 5.03 Å². The van der Waals surface area contributed by atoms with Crippen molar-refractivity contribution in [3.8, 4) is 11.5 Å². The molecule has 0 bridgehead atoms. The molecule has 0 aliphatic carbocycles. The van der Waals surface area contributed by atoms with Gasteiger partial charge in [0, 0.05) is 11.1 Å². The number of rotatable bonds is 4. The third kappa shape index (κ3) is 6.09. The van der Waals surface area contributed by atoms with Crippen molar-refractivity contribution in [3.05, 3.63) is 78.0 Å². The molecule has 3 rings (SSSR count). The number of hydrogen-bond acceptors (Lipinski definition) is 5. The minimum atomic E-state index is -0.555. The molecule has 152 valence electrons. The molecule has 4 nitrogen and oxygen atoms in total. The van der Waals surface area contributed by atoms with Crippen molar-refractivity contribution in [1.29, 1.82) is 0 Å². The fraction of sp³-hybridized carbons (Fsp3) is 0.250. The molecule has 0 saturated carbocycles. The van der Waals surface area contributed by atoms with Crippen molar-refractivity contribution in [2.45, 2.75) is 50.0 Å². The lowest BCUT2D eigenvalue weighted by Gasteiger charge is -2.19. The number of pyridine rings is 1. The van der Waals surface area contributed by atoms with E-state index in [-0.39, 0.29) is 16.9 Å². The minimum Gasteiger partial charge on any atom is -0.504 e. The van der Waals surface area contributed by atoms with Crippen molar-refractivity contribution >= 4 is 17.7 Å². The van der Waals surface area contributed by atoms with Crippen LogP contribution in [0.25, 0.3) is 0 Å². The van der Waals surface area contributed by atoms with Crippen LogP contribution in [0.15, 0.2) is 76.8 Å². The van der Waals surface area contributed by atoms with E-state index in [2.05, 4.69) is 25.8 Å². The van der Waals surface area contributed by atoms with E-state index in [9.17, 15) is 9.90 Å². The lowest BCUT2D eigenvalue weighted by molar-refractivity contribution is 0.0725. The van der Waals surface area contributed by atoms with Crippen molar-refractivity contribution in [2.24, 2.45) is 0 Å². The Kier molecular flexibility index (Phi) is 7.85. The topological polar surface area (TPSA) is 59.4 Å². The predicted octanol–water partition coefficient (Wildman–Crippen LogP) is 6.48. The van der Waals surface area contributed by atoms with Gasteiger partial charge in [0.2, 0.25) is 0 Å². The number of carbonyl (C=O) groups excluding carboxylic acids is 1. The standard InChI is InChI=1S/C22H21NO3S.C2H6/c1-22(2,3)15-11-12-19(18(24)14-15)26-21(25)17-10-7-13-23-20(17)27-16-8-5-4-6-9-16;1-2/h4-14,24H,1-3H3;1-2H3. The van der Waals surface area contributed by atoms with E-state index < -0.39 is 5.97 Å². The first kappa shape index (κ1) is 22.5. The molecule has 0 radical (unpaired) electrons. The quantitative estimate of drug-likeness (QED) is 0.395. The Labute approximate surface area is 177 Å². The lowest BCUT2D eigenvalue weighted by atomic mass is 9.87. The molecule has 0 unspecified atom stereocenters. The van der Waals surface area contributed by atoms with Crippen LogP contribution >= 0.6 is 11.8 Å². The van der Waals surface area contributed by atoms with Crippen molar-refractivity contribution in [1.82, 2.24) is 4.98 Å². The van der Waals surface area contributed by atoms with Gasteiger partial charge in [-0.05, 0) is 47.4 Å². The molecule has 0 fully saturated rings. The highest BCUT2D eigenvalue weighted by Crippen LogP contribution is 2.34. The first-order chi connectivity index (χ1) is 13.8. The summed E-state index contributed by atoms with van der Waals surface area (Å²) in [5.41, 5.74) is 1.20. The molecule has 1 aromatic heterocycles. The number of aromatic nitrogens is 1. The summed E-state index contributed by atoms with van der Waals surface area (Å²) >= 11 is 1.39. The number of phenols is 1. The van der Waals surface area contributed by atoms with Gasteiger partial charge in [-0.1, -0.05) is 70.6 Å². The zero-order valence-electron chi connectivity index (χ0n) is 17.5. The van der Waals surface area contributed by atoms with Crippen molar-refractivity contribution in [3.63, 3.8) is 0 Å². The van der Waals surface area contributed by atoms with Crippen LogP contribution in [0.3, 0.4) is 0 Å². The van der Waals surface area contributed by atoms with Gasteiger partial charge in [-0.3, -0.25) is 0 Å². The van der Waals surface area contributed by atoms with Gasteiger partial charge < -0.3 is 9.84 Å². The van der Waals surface area contributed by atoms with Gasteiger partial charge in [-0.15, -0.1) is 0 Å². The molecule has 1 heterocycles. The second-order valence-electron chi connectivity index (χ2n) is 7.09. The maximum atomic E-state index is 12.7. The Balaban J connectivity index is 0.00000145. The maximum absolute atomic E-state index is 12.7. The average molecular weight is 410 g/mol. The van der Waals surface area contributed by atoms with E-state index in [4.69, 9.17) is 4.74 Å². The van der Waals surface area contributed by atoms with Gasteiger partial charge in [-0.2, -0.15) is 0 Å². The zero-order chi connectivity index (χ0) is 21.4. The molecule has 0 saturated heterocycles. The van der Waals surface area contributed by atoms with Crippen LogP contribution in [-0.2, 0) is 5.41 Å². The Hall–Kier alpha value is -2.79. The summed E-state index contributed by atoms with van der Waals surface area (Å²) in [5.74, 6) is -0.482. The number of phenolic OH excluding ortho intramolecular Hbond substituents is 1. The van der Waals surface area contributed by atoms with E-state index >= 15 is 0 Å². The molecule has 2 aromatic carbocycles. The fourth-order valence-electron chi connectivity index (χ4n) is 2.45. The molecule has 1 N–H and O–H groups in total. The van der Waals surface area contributed by atoms with E-state index in [1.54, 1.807) is 30.5 Å². The molecular formula is C24H27NO3S. The number of benzene rings is 2. The second-order valence-corrected chi connectivity index (χ2v) is 8.16. The van der Waals surface area contributed by atoms with Crippen LogP contribution < -0.4 is 4.74 Å². The lowest BCUT2D eigenvalue weighted by Crippen LogP contribution is -2.13. The summed E-state index contributed by atoms with van der Waals surface area (Å²) in [6.07, 6.45) is 1.64. The van der Waals surface area contributed by atoms with Crippen LogP contribution in [0, 0.1) is 0 Å². The zero-order valence-corrected chi connectivity index (χ0v) is 18.3. The molecule has 0 aliphatic heterocycles. The number of carbonyl (C=O) groups is 1. The summed E-state index contributed by atoms with van der Waals surface area (Å²) in [7, 11) is 0. The molecule has 0 aliphatic rings. The molecule has 0 spiro atoms. The van der Waals surface area contributed by atoms with E-state index in [1.807, 2.05) is 50.2 Å². The number of aromatic hydroxyl groups is 1. The average Bonchev–Trinajstić information content (AvgIpc) is 2.71. The number of ether oxygens (including phenoxy) is 1. The molecular weight excluding hydrogens is 382 g/mol. The highest BCUT2D eigenvalue weighted by atomic mass is 32.2. The molecule has 29 heavy (non-hydrogen) atoms. The van der Waals surface area contributed by atoms with Crippen molar-refractivity contribution in [2.75, 3.05) is 0 Å². The van der Waals surface area contributed by atoms with E-state index in [0.717, 1.165) is 10.5 Å². The number of hydrogen-bond donors (Lipinski definition) is 1. The fourth-order valence-corrected chi connectivity index (χ4v) is 3.34. The highest BCUT2D eigenvalue weighted by Gasteiger charge is 2.19. The largest absolute Gasteiger partial charge is 0.504 e.